The Kier molecular flexibility index (Phi) is 5.31. The number of hydrogen-bond acceptors (Lipinski definition) is 6. The topological polar surface area (TPSA) is 81.9 Å². The molecule has 7 nitrogen and oxygen atoms in total. The lowest BCUT2D eigenvalue weighted by Gasteiger charge is -2.12. The Hall–Kier alpha value is -3.02. The minimum atomic E-state index is -4.50. The second-order valence-corrected chi connectivity index (χ2v) is 5.64. The number of alkyl halides is 5. The first-order valence-corrected chi connectivity index (χ1v) is 7.83. The summed E-state index contributed by atoms with van der Waals surface area (Å²) in [5.41, 5.74) is -0.745. The van der Waals surface area contributed by atoms with Crippen LogP contribution in [-0.2, 0) is 0 Å². The smallest absolute Gasteiger partial charge is 0.405 e. The number of benzene rings is 1. The highest BCUT2D eigenvalue weighted by Crippen LogP contribution is 2.21. The summed E-state index contributed by atoms with van der Waals surface area (Å²) in [6.45, 7) is -4.41. The van der Waals surface area contributed by atoms with Crippen molar-refractivity contribution in [2.75, 3.05) is 11.9 Å². The van der Waals surface area contributed by atoms with E-state index >= 15 is 0 Å². The van der Waals surface area contributed by atoms with E-state index in [9.17, 15) is 26.7 Å². The Morgan fingerprint density at radius 1 is 1.18 bits per heavy atom. The molecule has 0 saturated carbocycles. The molecule has 0 aliphatic heterocycles. The molecule has 13 heteroatoms. The van der Waals surface area contributed by atoms with Crippen LogP contribution >= 0.6 is 11.6 Å². The molecule has 0 unspecified atom stereocenters. The lowest BCUT2D eigenvalue weighted by molar-refractivity contribution is -0.115. The molecule has 0 amide bonds. The van der Waals surface area contributed by atoms with Crippen LogP contribution in [0.2, 0.25) is 5.15 Å². The fourth-order valence-corrected chi connectivity index (χ4v) is 2.41. The van der Waals surface area contributed by atoms with E-state index in [2.05, 4.69) is 19.7 Å². The summed E-state index contributed by atoms with van der Waals surface area (Å²) in [6, 6.07) is 4.91. The number of aromatic nitrogens is 4. The first-order chi connectivity index (χ1) is 13.1. The fraction of sp³-hybridized carbons (Fsp3) is 0.200. The number of hydrogen-bond donors (Lipinski definition) is 1. The largest absolute Gasteiger partial charge is 0.435 e. The molecule has 3 rings (SSSR count). The first-order valence-electron chi connectivity index (χ1n) is 7.45. The molecular formula is C15H9ClF5N5O2. The van der Waals surface area contributed by atoms with Gasteiger partial charge in [-0.25, -0.2) is 9.97 Å². The van der Waals surface area contributed by atoms with Crippen molar-refractivity contribution < 1.29 is 26.7 Å². The van der Waals surface area contributed by atoms with Crippen LogP contribution in [0.5, 0.6) is 5.75 Å². The van der Waals surface area contributed by atoms with Crippen LogP contribution in [0.1, 0.15) is 0 Å². The van der Waals surface area contributed by atoms with Gasteiger partial charge in [0.1, 0.15) is 17.8 Å². The second-order valence-electron chi connectivity index (χ2n) is 5.29. The molecule has 3 aromatic rings. The molecule has 0 radical (unpaired) electrons. The standard InChI is InChI=1S/C15H9ClF5N5O2/c16-10-12(27)26(7-1-3-8(4-2-7)28-13(17)18)11-9(24-10)5-22-14(25-11)23-6-15(19,20)21/h1-5,13H,6H2,(H,22,23,25). The molecule has 0 fully saturated rings. The summed E-state index contributed by atoms with van der Waals surface area (Å²) in [5.74, 6) is -0.543. The van der Waals surface area contributed by atoms with Gasteiger partial charge in [-0.15, -0.1) is 0 Å². The van der Waals surface area contributed by atoms with Crippen molar-refractivity contribution in [1.82, 2.24) is 19.5 Å². The molecule has 2 heterocycles. The maximum absolute atomic E-state index is 12.4. The zero-order chi connectivity index (χ0) is 20.5. The van der Waals surface area contributed by atoms with Crippen LogP contribution in [0.15, 0.2) is 35.3 Å². The molecule has 0 atom stereocenters. The molecule has 0 bridgehead atoms. The second kappa shape index (κ2) is 7.54. The molecule has 2 aromatic heterocycles. The van der Waals surface area contributed by atoms with Gasteiger partial charge in [-0.1, -0.05) is 11.6 Å². The van der Waals surface area contributed by atoms with E-state index in [0.717, 1.165) is 10.8 Å². The SMILES string of the molecule is O=c1c(Cl)nc2cnc(NCC(F)(F)F)nc2n1-c1ccc(OC(F)F)cc1. The summed E-state index contributed by atoms with van der Waals surface area (Å²) in [6.07, 6.45) is -3.41. The van der Waals surface area contributed by atoms with Gasteiger partial charge >= 0.3 is 12.8 Å². The van der Waals surface area contributed by atoms with Gasteiger partial charge < -0.3 is 10.1 Å². The van der Waals surface area contributed by atoms with Gasteiger partial charge in [0.2, 0.25) is 5.95 Å². The normalized spacial score (nSPS) is 11.8. The highest BCUT2D eigenvalue weighted by Gasteiger charge is 2.27. The highest BCUT2D eigenvalue weighted by atomic mass is 35.5. The summed E-state index contributed by atoms with van der Waals surface area (Å²) >= 11 is 5.82. The quantitative estimate of drug-likeness (QED) is 0.636. The van der Waals surface area contributed by atoms with Crippen molar-refractivity contribution in [1.29, 1.82) is 0 Å². The third-order valence-electron chi connectivity index (χ3n) is 3.33. The van der Waals surface area contributed by atoms with E-state index in [1.54, 1.807) is 0 Å². The van der Waals surface area contributed by atoms with Gasteiger partial charge in [-0.2, -0.15) is 26.9 Å². The van der Waals surface area contributed by atoms with E-state index in [1.165, 1.54) is 24.3 Å². The van der Waals surface area contributed by atoms with Crippen LogP contribution in [-0.4, -0.2) is 38.9 Å². The molecule has 0 aliphatic carbocycles. The number of anilines is 1. The summed E-state index contributed by atoms with van der Waals surface area (Å²) in [4.78, 5) is 23.8. The zero-order valence-electron chi connectivity index (χ0n) is 13.5. The molecule has 148 valence electrons. The molecule has 0 spiro atoms. The maximum Gasteiger partial charge on any atom is 0.405 e. The number of nitrogens with zero attached hydrogens (tertiary/aromatic N) is 4. The van der Waals surface area contributed by atoms with Gasteiger partial charge in [0.15, 0.2) is 10.8 Å². The molecule has 1 aromatic carbocycles. The summed E-state index contributed by atoms with van der Waals surface area (Å²) < 4.78 is 66.9. The Balaban J connectivity index is 2.09. The Bertz CT molecular complexity index is 1060. The lowest BCUT2D eigenvalue weighted by atomic mass is 10.3. The van der Waals surface area contributed by atoms with Crippen molar-refractivity contribution in [3.05, 3.63) is 46.0 Å². The molecule has 28 heavy (non-hydrogen) atoms. The van der Waals surface area contributed by atoms with E-state index < -0.39 is 30.0 Å². The third kappa shape index (κ3) is 4.44. The van der Waals surface area contributed by atoms with Crippen LogP contribution < -0.4 is 15.6 Å². The van der Waals surface area contributed by atoms with Crippen LogP contribution in [0.3, 0.4) is 0 Å². The zero-order valence-corrected chi connectivity index (χ0v) is 14.3. The van der Waals surface area contributed by atoms with Crippen molar-refractivity contribution in [3.63, 3.8) is 0 Å². The van der Waals surface area contributed by atoms with Gasteiger partial charge in [0.25, 0.3) is 5.56 Å². The van der Waals surface area contributed by atoms with E-state index in [1.807, 2.05) is 5.32 Å². The third-order valence-corrected chi connectivity index (χ3v) is 3.57. The Morgan fingerprint density at radius 2 is 1.86 bits per heavy atom. The van der Waals surface area contributed by atoms with E-state index in [0.29, 0.717) is 0 Å². The molecule has 0 saturated heterocycles. The van der Waals surface area contributed by atoms with E-state index in [-0.39, 0.29) is 28.5 Å². The summed E-state index contributed by atoms with van der Waals surface area (Å²) in [5, 5.41) is 1.56. The molecule has 0 aliphatic rings. The van der Waals surface area contributed by atoms with Crippen molar-refractivity contribution >= 4 is 28.7 Å². The minimum absolute atomic E-state index is 0.0371. The van der Waals surface area contributed by atoms with Gasteiger partial charge in [0, 0.05) is 0 Å². The predicted octanol–water partition coefficient (Wildman–Crippen LogP) is 3.40. The molecule has 1 N–H and O–H groups in total. The number of nitrogens with one attached hydrogen (secondary N) is 1. The first kappa shape index (κ1) is 19.7. The monoisotopic (exact) mass is 421 g/mol. The molecular weight excluding hydrogens is 413 g/mol. The van der Waals surface area contributed by atoms with Crippen molar-refractivity contribution in [3.8, 4) is 11.4 Å². The van der Waals surface area contributed by atoms with Crippen LogP contribution in [0.25, 0.3) is 16.9 Å². The van der Waals surface area contributed by atoms with Crippen LogP contribution in [0.4, 0.5) is 27.9 Å². The van der Waals surface area contributed by atoms with E-state index in [4.69, 9.17) is 11.6 Å². The average molecular weight is 422 g/mol. The Morgan fingerprint density at radius 3 is 2.46 bits per heavy atom. The lowest BCUT2D eigenvalue weighted by Crippen LogP contribution is -2.24. The van der Waals surface area contributed by atoms with Crippen LogP contribution in [0, 0.1) is 0 Å². The van der Waals surface area contributed by atoms with Gasteiger partial charge in [0.05, 0.1) is 11.9 Å². The summed E-state index contributed by atoms with van der Waals surface area (Å²) in [7, 11) is 0. The average Bonchev–Trinajstić information content (AvgIpc) is 2.61. The minimum Gasteiger partial charge on any atom is -0.435 e. The Labute approximate surface area is 157 Å². The maximum atomic E-state index is 12.4. The van der Waals surface area contributed by atoms with Crippen molar-refractivity contribution in [2.24, 2.45) is 0 Å². The number of rotatable bonds is 5. The number of fused-ring (bicyclic) bond motifs is 1. The fourth-order valence-electron chi connectivity index (χ4n) is 2.23. The highest BCUT2D eigenvalue weighted by molar-refractivity contribution is 6.29. The van der Waals surface area contributed by atoms with Gasteiger partial charge in [-0.3, -0.25) is 9.36 Å². The van der Waals surface area contributed by atoms with Gasteiger partial charge in [-0.05, 0) is 24.3 Å². The predicted molar refractivity (Wildman–Crippen MR) is 89.1 cm³/mol. The number of halogens is 6. The number of ether oxygens (including phenoxy) is 1. The van der Waals surface area contributed by atoms with Crippen molar-refractivity contribution in [2.45, 2.75) is 12.8 Å².